The summed E-state index contributed by atoms with van der Waals surface area (Å²) in [7, 11) is 0. The molecule has 2 aliphatic carbocycles. The van der Waals surface area contributed by atoms with Crippen LogP contribution in [0.4, 0.5) is 0 Å². The van der Waals surface area contributed by atoms with Gasteiger partial charge in [0.25, 0.3) is 5.91 Å². The van der Waals surface area contributed by atoms with Crippen LogP contribution in [0.25, 0.3) is 0 Å². The van der Waals surface area contributed by atoms with Crippen molar-refractivity contribution in [1.82, 2.24) is 10.2 Å². The zero-order valence-corrected chi connectivity index (χ0v) is 13.7. The molecule has 2 bridgehead atoms. The lowest BCUT2D eigenvalue weighted by molar-refractivity contribution is 0.0342. The molecule has 1 amide bonds. The number of benzene rings is 1. The summed E-state index contributed by atoms with van der Waals surface area (Å²) in [6.07, 6.45) is 5.17. The fourth-order valence-electron chi connectivity index (χ4n) is 4.50. The second-order valence-electron chi connectivity index (χ2n) is 7.34. The number of hydrogen-bond donors (Lipinski definition) is 1. The third kappa shape index (κ3) is 3.43. The van der Waals surface area contributed by atoms with Crippen molar-refractivity contribution in [2.45, 2.75) is 38.3 Å². The minimum absolute atomic E-state index is 0.103. The van der Waals surface area contributed by atoms with Crippen molar-refractivity contribution in [3.05, 3.63) is 35.4 Å². The monoisotopic (exact) mass is 314 g/mol. The van der Waals surface area contributed by atoms with Crippen molar-refractivity contribution in [1.29, 1.82) is 0 Å². The molecule has 23 heavy (non-hydrogen) atoms. The first-order valence-corrected chi connectivity index (χ1v) is 8.98. The maximum absolute atomic E-state index is 12.6. The quantitative estimate of drug-likeness (QED) is 0.928. The van der Waals surface area contributed by atoms with Gasteiger partial charge in [-0.2, -0.15) is 0 Å². The number of hydrogen-bond acceptors (Lipinski definition) is 3. The molecule has 1 aliphatic heterocycles. The average Bonchev–Trinajstić information content (AvgIpc) is 3.19. The number of fused-ring (bicyclic) bond motifs is 2. The highest BCUT2D eigenvalue weighted by Crippen LogP contribution is 2.44. The molecule has 1 N–H and O–H groups in total. The highest BCUT2D eigenvalue weighted by molar-refractivity contribution is 5.94. The van der Waals surface area contributed by atoms with Crippen molar-refractivity contribution in [3.63, 3.8) is 0 Å². The van der Waals surface area contributed by atoms with Crippen LogP contribution in [0, 0.1) is 11.8 Å². The van der Waals surface area contributed by atoms with Crippen LogP contribution in [0.3, 0.4) is 0 Å². The Bertz CT molecular complexity index is 568. The molecule has 0 spiro atoms. The molecule has 2 saturated carbocycles. The van der Waals surface area contributed by atoms with E-state index >= 15 is 0 Å². The van der Waals surface area contributed by atoms with Gasteiger partial charge in [-0.05, 0) is 48.8 Å². The van der Waals surface area contributed by atoms with Gasteiger partial charge < -0.3 is 10.1 Å². The normalized spacial score (nSPS) is 30.5. The average molecular weight is 314 g/mol. The summed E-state index contributed by atoms with van der Waals surface area (Å²) in [6.45, 7) is 4.47. The largest absolute Gasteiger partial charge is 0.379 e. The van der Waals surface area contributed by atoms with E-state index in [1.807, 2.05) is 12.1 Å². The minimum atomic E-state index is 0.103. The van der Waals surface area contributed by atoms with Crippen LogP contribution in [0.15, 0.2) is 24.3 Å². The number of nitrogens with zero attached hydrogens (tertiary/aromatic N) is 1. The van der Waals surface area contributed by atoms with E-state index in [0.29, 0.717) is 6.04 Å². The molecule has 1 saturated heterocycles. The van der Waals surface area contributed by atoms with Crippen LogP contribution in [0.5, 0.6) is 0 Å². The molecule has 1 heterocycles. The van der Waals surface area contributed by atoms with Crippen molar-refractivity contribution in [2.75, 3.05) is 26.3 Å². The first-order valence-electron chi connectivity index (χ1n) is 8.98. The van der Waals surface area contributed by atoms with E-state index in [1.54, 1.807) is 0 Å². The predicted octanol–water partition coefficient (Wildman–Crippen LogP) is 2.44. The molecule has 0 unspecified atom stereocenters. The number of carbonyl (C=O) groups excluding carboxylic acids is 1. The van der Waals surface area contributed by atoms with E-state index in [9.17, 15) is 4.79 Å². The van der Waals surface area contributed by atoms with Gasteiger partial charge in [0.1, 0.15) is 0 Å². The van der Waals surface area contributed by atoms with Crippen LogP contribution in [0.2, 0.25) is 0 Å². The molecule has 0 radical (unpaired) electrons. The lowest BCUT2D eigenvalue weighted by atomic mass is 9.95. The molecule has 4 nitrogen and oxygen atoms in total. The van der Waals surface area contributed by atoms with Gasteiger partial charge in [-0.15, -0.1) is 0 Å². The molecule has 1 aromatic rings. The number of morpholine rings is 1. The Balaban J connectivity index is 1.38. The lowest BCUT2D eigenvalue weighted by Crippen LogP contribution is -2.38. The van der Waals surface area contributed by atoms with Crippen molar-refractivity contribution >= 4 is 5.91 Å². The van der Waals surface area contributed by atoms with Crippen LogP contribution >= 0.6 is 0 Å². The smallest absolute Gasteiger partial charge is 0.251 e. The zero-order chi connectivity index (χ0) is 15.6. The van der Waals surface area contributed by atoms with E-state index in [0.717, 1.165) is 50.2 Å². The standard InChI is InChI=1S/C19H26N2O2/c22-19(20-18-12-14-4-5-16(18)10-14)17-3-1-2-15(11-17)13-21-6-8-23-9-7-21/h1-3,11,14,16,18H,4-10,12-13H2,(H,20,22)/t14-,16-,18-/m1/s1. The number of carbonyl (C=O) groups is 1. The molecular weight excluding hydrogens is 288 g/mol. The third-order valence-corrected chi connectivity index (χ3v) is 5.75. The molecule has 4 heteroatoms. The Morgan fingerprint density at radius 1 is 1.22 bits per heavy atom. The third-order valence-electron chi connectivity index (χ3n) is 5.75. The number of amides is 1. The molecule has 3 fully saturated rings. The lowest BCUT2D eigenvalue weighted by Gasteiger charge is -2.26. The summed E-state index contributed by atoms with van der Waals surface area (Å²) >= 11 is 0. The van der Waals surface area contributed by atoms with Crippen LogP contribution in [0.1, 0.15) is 41.6 Å². The number of ether oxygens (including phenoxy) is 1. The number of nitrogens with one attached hydrogen (secondary N) is 1. The maximum atomic E-state index is 12.6. The molecule has 4 rings (SSSR count). The minimum Gasteiger partial charge on any atom is -0.379 e. The topological polar surface area (TPSA) is 41.6 Å². The van der Waals surface area contributed by atoms with Gasteiger partial charge in [-0.1, -0.05) is 18.6 Å². The second-order valence-corrected chi connectivity index (χ2v) is 7.34. The Labute approximate surface area is 138 Å². The Morgan fingerprint density at radius 2 is 2.09 bits per heavy atom. The molecule has 124 valence electrons. The van der Waals surface area contributed by atoms with Crippen LogP contribution in [-0.2, 0) is 11.3 Å². The number of rotatable bonds is 4. The summed E-state index contributed by atoms with van der Waals surface area (Å²) in [5, 5.41) is 3.28. The van der Waals surface area contributed by atoms with Gasteiger partial charge in [0.2, 0.25) is 0 Å². The van der Waals surface area contributed by atoms with Crippen molar-refractivity contribution in [3.8, 4) is 0 Å². The molecular formula is C19H26N2O2. The predicted molar refractivity (Wildman–Crippen MR) is 89.2 cm³/mol. The van der Waals surface area contributed by atoms with E-state index in [4.69, 9.17) is 4.74 Å². The van der Waals surface area contributed by atoms with E-state index in [2.05, 4.69) is 22.3 Å². The molecule has 3 aliphatic rings. The highest BCUT2D eigenvalue weighted by Gasteiger charge is 2.40. The van der Waals surface area contributed by atoms with Crippen LogP contribution in [-0.4, -0.2) is 43.2 Å². The van der Waals surface area contributed by atoms with E-state index in [1.165, 1.54) is 31.2 Å². The molecule has 3 atom stereocenters. The Hall–Kier alpha value is -1.39. The Kier molecular flexibility index (Phi) is 4.36. The fourth-order valence-corrected chi connectivity index (χ4v) is 4.50. The summed E-state index contributed by atoms with van der Waals surface area (Å²) in [6, 6.07) is 8.52. The van der Waals surface area contributed by atoms with Crippen LogP contribution < -0.4 is 5.32 Å². The fraction of sp³-hybridized carbons (Fsp3) is 0.632. The van der Waals surface area contributed by atoms with Gasteiger partial charge in [0.15, 0.2) is 0 Å². The van der Waals surface area contributed by atoms with Gasteiger partial charge >= 0.3 is 0 Å². The van der Waals surface area contributed by atoms with Crippen molar-refractivity contribution < 1.29 is 9.53 Å². The second kappa shape index (κ2) is 6.62. The van der Waals surface area contributed by atoms with E-state index in [-0.39, 0.29) is 5.91 Å². The SMILES string of the molecule is O=C(N[C@@H]1C[C@@H]2CC[C@@H]1C2)c1cccc(CN2CCOCC2)c1. The van der Waals surface area contributed by atoms with Gasteiger partial charge in [-0.25, -0.2) is 0 Å². The zero-order valence-electron chi connectivity index (χ0n) is 13.7. The summed E-state index contributed by atoms with van der Waals surface area (Å²) in [5.74, 6) is 1.69. The summed E-state index contributed by atoms with van der Waals surface area (Å²) < 4.78 is 5.39. The molecule has 0 aromatic heterocycles. The molecule has 1 aromatic carbocycles. The summed E-state index contributed by atoms with van der Waals surface area (Å²) in [5.41, 5.74) is 2.02. The van der Waals surface area contributed by atoms with E-state index < -0.39 is 0 Å². The highest BCUT2D eigenvalue weighted by atomic mass is 16.5. The Morgan fingerprint density at radius 3 is 2.83 bits per heavy atom. The van der Waals surface area contributed by atoms with Gasteiger partial charge in [0.05, 0.1) is 13.2 Å². The summed E-state index contributed by atoms with van der Waals surface area (Å²) in [4.78, 5) is 15.0. The van der Waals surface area contributed by atoms with Gasteiger partial charge in [0, 0.05) is 31.2 Å². The maximum Gasteiger partial charge on any atom is 0.251 e. The van der Waals surface area contributed by atoms with Gasteiger partial charge in [-0.3, -0.25) is 9.69 Å². The van der Waals surface area contributed by atoms with Crippen molar-refractivity contribution in [2.24, 2.45) is 11.8 Å². The first kappa shape index (κ1) is 15.2. The first-order chi connectivity index (χ1) is 11.3.